The van der Waals surface area contributed by atoms with E-state index < -0.39 is 0 Å². The van der Waals surface area contributed by atoms with Crippen molar-refractivity contribution in [3.63, 3.8) is 0 Å². The summed E-state index contributed by atoms with van der Waals surface area (Å²) in [6.45, 7) is 2.95. The summed E-state index contributed by atoms with van der Waals surface area (Å²) in [5.74, 6) is 0.798. The van der Waals surface area contributed by atoms with E-state index in [-0.39, 0.29) is 0 Å². The molecule has 0 aromatic carbocycles. The highest BCUT2D eigenvalue weighted by molar-refractivity contribution is 6.31. The topological polar surface area (TPSA) is 29.9 Å². The summed E-state index contributed by atoms with van der Waals surface area (Å²) in [4.78, 5) is 0. The Morgan fingerprint density at radius 2 is 2.25 bits per heavy atom. The molecule has 0 spiro atoms. The Kier molecular flexibility index (Phi) is 3.87. The van der Waals surface area contributed by atoms with E-state index in [2.05, 4.69) is 10.4 Å². The standard InChI is InChI=1S/C12H20ClN3/c1-9-11(13)7-15-16(9)8-12(14-2)10-5-3-4-6-10/h7,10,12,14H,3-6,8H2,1-2H3. The van der Waals surface area contributed by atoms with Crippen LogP contribution >= 0.6 is 11.6 Å². The van der Waals surface area contributed by atoms with Gasteiger partial charge in [0.15, 0.2) is 0 Å². The number of nitrogens with one attached hydrogen (secondary N) is 1. The van der Waals surface area contributed by atoms with Gasteiger partial charge in [-0.1, -0.05) is 24.4 Å². The minimum Gasteiger partial charge on any atom is -0.315 e. The van der Waals surface area contributed by atoms with E-state index in [1.807, 2.05) is 18.7 Å². The highest BCUT2D eigenvalue weighted by Crippen LogP contribution is 2.28. The molecule has 16 heavy (non-hydrogen) atoms. The molecule has 1 unspecified atom stereocenters. The largest absolute Gasteiger partial charge is 0.315 e. The zero-order chi connectivity index (χ0) is 11.5. The molecule has 1 aliphatic carbocycles. The van der Waals surface area contributed by atoms with Crippen LogP contribution in [0.1, 0.15) is 31.4 Å². The molecule has 0 bridgehead atoms. The summed E-state index contributed by atoms with van der Waals surface area (Å²) in [6.07, 6.45) is 7.18. The SMILES string of the molecule is CNC(Cn1ncc(Cl)c1C)C1CCCC1. The second-order valence-electron chi connectivity index (χ2n) is 4.70. The van der Waals surface area contributed by atoms with Crippen molar-refractivity contribution >= 4 is 11.6 Å². The molecule has 1 aromatic rings. The van der Waals surface area contributed by atoms with Gasteiger partial charge in [0.05, 0.1) is 23.5 Å². The van der Waals surface area contributed by atoms with Crippen LogP contribution in [0.5, 0.6) is 0 Å². The molecular weight excluding hydrogens is 222 g/mol. The van der Waals surface area contributed by atoms with Crippen molar-refractivity contribution in [1.29, 1.82) is 0 Å². The van der Waals surface area contributed by atoms with Crippen LogP contribution in [-0.2, 0) is 6.54 Å². The van der Waals surface area contributed by atoms with E-state index >= 15 is 0 Å². The van der Waals surface area contributed by atoms with Crippen LogP contribution in [0.25, 0.3) is 0 Å². The second-order valence-corrected chi connectivity index (χ2v) is 5.11. The molecule has 1 N–H and O–H groups in total. The number of aromatic nitrogens is 2. The zero-order valence-corrected chi connectivity index (χ0v) is 10.8. The average Bonchev–Trinajstić information content (AvgIpc) is 2.90. The van der Waals surface area contributed by atoms with Crippen LogP contribution in [0.3, 0.4) is 0 Å². The van der Waals surface area contributed by atoms with Gasteiger partial charge in [0.2, 0.25) is 0 Å². The van der Waals surface area contributed by atoms with Crippen molar-refractivity contribution < 1.29 is 0 Å². The maximum absolute atomic E-state index is 6.01. The Morgan fingerprint density at radius 3 is 2.75 bits per heavy atom. The molecule has 1 saturated carbocycles. The van der Waals surface area contributed by atoms with Gasteiger partial charge in [-0.2, -0.15) is 5.10 Å². The number of halogens is 1. The molecule has 1 aromatic heterocycles. The minimum absolute atomic E-state index is 0.525. The van der Waals surface area contributed by atoms with E-state index in [0.717, 1.165) is 23.2 Å². The Bertz CT molecular complexity index is 342. The fourth-order valence-electron chi connectivity index (χ4n) is 2.63. The molecule has 0 radical (unpaired) electrons. The van der Waals surface area contributed by atoms with Crippen molar-refractivity contribution in [3.05, 3.63) is 16.9 Å². The fourth-order valence-corrected chi connectivity index (χ4v) is 2.77. The molecule has 1 aliphatic rings. The Morgan fingerprint density at radius 1 is 1.56 bits per heavy atom. The van der Waals surface area contributed by atoms with E-state index in [9.17, 15) is 0 Å². The molecular formula is C12H20ClN3. The smallest absolute Gasteiger partial charge is 0.0814 e. The third kappa shape index (κ3) is 2.41. The molecule has 2 rings (SSSR count). The summed E-state index contributed by atoms with van der Waals surface area (Å²) < 4.78 is 2.02. The molecule has 1 fully saturated rings. The van der Waals surface area contributed by atoms with E-state index in [1.54, 1.807) is 6.20 Å². The van der Waals surface area contributed by atoms with Gasteiger partial charge in [-0.25, -0.2) is 0 Å². The van der Waals surface area contributed by atoms with Gasteiger partial charge in [-0.05, 0) is 32.7 Å². The van der Waals surface area contributed by atoms with Crippen LogP contribution in [0.15, 0.2) is 6.20 Å². The summed E-state index contributed by atoms with van der Waals surface area (Å²) in [5.41, 5.74) is 1.07. The molecule has 3 nitrogen and oxygen atoms in total. The zero-order valence-electron chi connectivity index (χ0n) is 10.0. The normalized spacial score (nSPS) is 19.2. The van der Waals surface area contributed by atoms with Gasteiger partial charge >= 0.3 is 0 Å². The quantitative estimate of drug-likeness (QED) is 0.878. The van der Waals surface area contributed by atoms with Gasteiger partial charge in [-0.15, -0.1) is 0 Å². The van der Waals surface area contributed by atoms with E-state index in [4.69, 9.17) is 11.6 Å². The van der Waals surface area contributed by atoms with Gasteiger partial charge < -0.3 is 5.32 Å². The predicted molar refractivity (Wildman–Crippen MR) is 66.8 cm³/mol. The lowest BCUT2D eigenvalue weighted by molar-refractivity contribution is 0.326. The van der Waals surface area contributed by atoms with Gasteiger partial charge in [0, 0.05) is 6.04 Å². The van der Waals surface area contributed by atoms with Crippen molar-refractivity contribution in [1.82, 2.24) is 15.1 Å². The first-order chi connectivity index (χ1) is 7.72. The molecule has 4 heteroatoms. The van der Waals surface area contributed by atoms with Crippen molar-refractivity contribution in [2.75, 3.05) is 7.05 Å². The highest BCUT2D eigenvalue weighted by Gasteiger charge is 2.24. The second kappa shape index (κ2) is 5.19. The van der Waals surface area contributed by atoms with E-state index in [1.165, 1.54) is 25.7 Å². The van der Waals surface area contributed by atoms with Crippen LogP contribution in [0.4, 0.5) is 0 Å². The summed E-state index contributed by atoms with van der Waals surface area (Å²) in [6, 6.07) is 0.525. The average molecular weight is 242 g/mol. The third-order valence-electron chi connectivity index (χ3n) is 3.75. The van der Waals surface area contributed by atoms with Crippen LogP contribution in [0, 0.1) is 12.8 Å². The molecule has 1 heterocycles. The Balaban J connectivity index is 2.03. The van der Waals surface area contributed by atoms with Gasteiger partial charge in [0.1, 0.15) is 0 Å². The van der Waals surface area contributed by atoms with Gasteiger partial charge in [0.25, 0.3) is 0 Å². The van der Waals surface area contributed by atoms with Crippen molar-refractivity contribution in [2.24, 2.45) is 5.92 Å². The Labute approximate surface area is 102 Å². The molecule has 0 amide bonds. The van der Waals surface area contributed by atoms with Gasteiger partial charge in [-0.3, -0.25) is 4.68 Å². The van der Waals surface area contributed by atoms with Crippen LogP contribution in [-0.4, -0.2) is 22.9 Å². The first-order valence-corrected chi connectivity index (χ1v) is 6.45. The maximum Gasteiger partial charge on any atom is 0.0814 e. The Hall–Kier alpha value is -0.540. The van der Waals surface area contributed by atoms with Crippen LogP contribution in [0.2, 0.25) is 5.02 Å². The number of hydrogen-bond donors (Lipinski definition) is 1. The summed E-state index contributed by atoms with van der Waals surface area (Å²) in [5, 5.41) is 8.51. The lowest BCUT2D eigenvalue weighted by atomic mass is 9.98. The molecule has 0 aliphatic heterocycles. The number of likely N-dealkylation sites (N-methyl/N-ethyl adjacent to an activating group) is 1. The number of rotatable bonds is 4. The number of nitrogens with zero attached hydrogens (tertiary/aromatic N) is 2. The number of hydrogen-bond acceptors (Lipinski definition) is 2. The maximum atomic E-state index is 6.01. The molecule has 1 atom stereocenters. The molecule has 90 valence electrons. The highest BCUT2D eigenvalue weighted by atomic mass is 35.5. The molecule has 0 saturated heterocycles. The van der Waals surface area contributed by atoms with Crippen molar-refractivity contribution in [3.8, 4) is 0 Å². The minimum atomic E-state index is 0.525. The fraction of sp³-hybridized carbons (Fsp3) is 0.750. The van der Waals surface area contributed by atoms with E-state index in [0.29, 0.717) is 6.04 Å². The lowest BCUT2D eigenvalue weighted by Gasteiger charge is -2.23. The van der Waals surface area contributed by atoms with Crippen LogP contribution < -0.4 is 5.32 Å². The third-order valence-corrected chi connectivity index (χ3v) is 4.12. The van der Waals surface area contributed by atoms with Crippen molar-refractivity contribution in [2.45, 2.75) is 45.2 Å². The monoisotopic (exact) mass is 241 g/mol. The summed E-state index contributed by atoms with van der Waals surface area (Å²) in [7, 11) is 2.05. The lowest BCUT2D eigenvalue weighted by Crippen LogP contribution is -2.36. The first kappa shape index (κ1) is 11.9. The summed E-state index contributed by atoms with van der Waals surface area (Å²) >= 11 is 6.01. The first-order valence-electron chi connectivity index (χ1n) is 6.07. The predicted octanol–water partition coefficient (Wildman–Crippen LogP) is 2.62.